The van der Waals surface area contributed by atoms with Crippen molar-refractivity contribution in [3.63, 3.8) is 0 Å². The molecule has 0 amide bonds. The summed E-state index contributed by atoms with van der Waals surface area (Å²) in [5.41, 5.74) is 0.0285. The maximum atomic E-state index is 16.9. The molecule has 0 N–H and O–H groups in total. The Labute approximate surface area is 320 Å². The van der Waals surface area contributed by atoms with Gasteiger partial charge in [0, 0.05) is 23.0 Å². The highest BCUT2D eigenvalue weighted by atomic mass is 19.2. The van der Waals surface area contributed by atoms with Gasteiger partial charge >= 0.3 is 0 Å². The second-order valence-electron chi connectivity index (χ2n) is 14.3. The van der Waals surface area contributed by atoms with Crippen molar-refractivity contribution in [2.24, 2.45) is 0 Å². The molecule has 56 heavy (non-hydrogen) atoms. The van der Waals surface area contributed by atoms with Crippen LogP contribution in [0.2, 0.25) is 0 Å². The molecule has 5 aromatic carbocycles. The number of rotatable bonds is 18. The minimum absolute atomic E-state index is 0.0218. The number of hydrogen-bond donors (Lipinski definition) is 0. The van der Waals surface area contributed by atoms with E-state index in [1.165, 1.54) is 0 Å². The first-order valence-electron chi connectivity index (χ1n) is 18.6. The third-order valence-electron chi connectivity index (χ3n) is 10.1. The molecule has 0 bridgehead atoms. The van der Waals surface area contributed by atoms with E-state index in [9.17, 15) is 0 Å². The fourth-order valence-corrected chi connectivity index (χ4v) is 6.66. The molecule has 0 aliphatic carbocycles. The Balaban J connectivity index is 1.10. The van der Waals surface area contributed by atoms with Crippen molar-refractivity contribution in [3.05, 3.63) is 154 Å². The smallest absolute Gasteiger partial charge is 0.166 e. The fraction of sp³-hybridized carbons (Fsp3) is 0.318. The standard InChI is InChI=1S/C44H38F4O8/c45-41-39(37(25-1-9-29(10-2-25)49-17-33-21-53-33)26-3-11-30(12-4-26)50-18-34-22-54-34)42(46)44(48)40(43(41)47)38(27-5-13-31(14-6-27)51-19-35-23-55-35)28-7-15-32(16-8-28)52-20-36-24-56-36/h1-16,33-38H,17-24H2. The maximum absolute atomic E-state index is 16.9. The van der Waals surface area contributed by atoms with Crippen molar-refractivity contribution >= 4 is 0 Å². The fourth-order valence-electron chi connectivity index (χ4n) is 6.66. The van der Waals surface area contributed by atoms with Gasteiger partial charge in [0.15, 0.2) is 23.3 Å². The van der Waals surface area contributed by atoms with E-state index < -0.39 is 46.2 Å². The quantitative estimate of drug-likeness (QED) is 0.0388. The molecule has 4 heterocycles. The van der Waals surface area contributed by atoms with Crippen molar-refractivity contribution in [3.8, 4) is 23.0 Å². The lowest BCUT2D eigenvalue weighted by Gasteiger charge is -2.25. The lowest BCUT2D eigenvalue weighted by Crippen LogP contribution is -2.18. The van der Waals surface area contributed by atoms with E-state index in [4.69, 9.17) is 37.9 Å². The van der Waals surface area contributed by atoms with Crippen molar-refractivity contribution in [1.29, 1.82) is 0 Å². The van der Waals surface area contributed by atoms with Crippen LogP contribution in [0.15, 0.2) is 97.1 Å². The van der Waals surface area contributed by atoms with E-state index in [1.54, 1.807) is 97.1 Å². The maximum Gasteiger partial charge on any atom is 0.166 e. The molecule has 0 saturated carbocycles. The van der Waals surface area contributed by atoms with Crippen molar-refractivity contribution in [1.82, 2.24) is 0 Å². The molecule has 4 aliphatic rings. The van der Waals surface area contributed by atoms with Crippen LogP contribution in [0.5, 0.6) is 23.0 Å². The van der Waals surface area contributed by atoms with Crippen LogP contribution in [-0.4, -0.2) is 77.3 Å². The topological polar surface area (TPSA) is 87.0 Å². The molecule has 8 nitrogen and oxygen atoms in total. The monoisotopic (exact) mass is 770 g/mol. The van der Waals surface area contributed by atoms with Crippen LogP contribution in [0, 0.1) is 23.3 Å². The minimum Gasteiger partial charge on any atom is -0.491 e. The minimum atomic E-state index is -1.50. The normalized spacial score (nSPS) is 21.5. The van der Waals surface area contributed by atoms with Crippen LogP contribution in [0.3, 0.4) is 0 Å². The molecule has 4 atom stereocenters. The Morgan fingerprint density at radius 1 is 0.375 bits per heavy atom. The van der Waals surface area contributed by atoms with Crippen LogP contribution >= 0.6 is 0 Å². The predicted octanol–water partition coefficient (Wildman–Crippen LogP) is 7.71. The Hall–Kier alpha value is -5.14. The average molecular weight is 771 g/mol. The molecule has 0 spiro atoms. The Bertz CT molecular complexity index is 1830. The molecular formula is C44H38F4O8. The highest BCUT2D eigenvalue weighted by Gasteiger charge is 2.36. The van der Waals surface area contributed by atoms with Gasteiger partial charge < -0.3 is 37.9 Å². The van der Waals surface area contributed by atoms with Crippen LogP contribution < -0.4 is 18.9 Å². The zero-order chi connectivity index (χ0) is 38.2. The summed E-state index contributed by atoms with van der Waals surface area (Å²) < 4.78 is 111. The zero-order valence-corrected chi connectivity index (χ0v) is 30.1. The molecule has 4 unspecified atom stereocenters. The Kier molecular flexibility index (Phi) is 10.3. The van der Waals surface area contributed by atoms with E-state index >= 15 is 17.6 Å². The third-order valence-corrected chi connectivity index (χ3v) is 10.1. The summed E-state index contributed by atoms with van der Waals surface area (Å²) in [6, 6.07) is 26.3. The van der Waals surface area contributed by atoms with Gasteiger partial charge in [-0.15, -0.1) is 0 Å². The van der Waals surface area contributed by atoms with Crippen molar-refractivity contribution in [2.75, 3.05) is 52.9 Å². The van der Waals surface area contributed by atoms with Gasteiger partial charge in [0.25, 0.3) is 0 Å². The van der Waals surface area contributed by atoms with E-state index in [2.05, 4.69) is 0 Å². The molecule has 0 radical (unpaired) electrons. The molecule has 4 saturated heterocycles. The summed E-state index contributed by atoms with van der Waals surface area (Å²) in [7, 11) is 0. The lowest BCUT2D eigenvalue weighted by atomic mass is 9.80. The summed E-state index contributed by atoms with van der Waals surface area (Å²) in [4.78, 5) is 0. The van der Waals surface area contributed by atoms with Gasteiger partial charge in [-0.05, 0) is 70.8 Å². The molecular weight excluding hydrogens is 732 g/mol. The van der Waals surface area contributed by atoms with Crippen LogP contribution in [0.25, 0.3) is 0 Å². The number of halogens is 4. The molecule has 290 valence electrons. The number of ether oxygens (including phenoxy) is 8. The Morgan fingerprint density at radius 3 is 0.750 bits per heavy atom. The summed E-state index contributed by atoms with van der Waals surface area (Å²) in [6.45, 7) is 3.89. The molecule has 4 aliphatic heterocycles. The van der Waals surface area contributed by atoms with Crippen LogP contribution in [0.1, 0.15) is 45.2 Å². The second-order valence-corrected chi connectivity index (χ2v) is 14.3. The summed E-state index contributed by atoms with van der Waals surface area (Å²) in [5, 5.41) is 0. The van der Waals surface area contributed by atoms with E-state index in [0.29, 0.717) is 98.1 Å². The second kappa shape index (κ2) is 15.8. The first kappa shape index (κ1) is 36.5. The summed E-state index contributed by atoms with van der Waals surface area (Å²) in [5.74, 6) is -6.43. The number of epoxide rings is 4. The lowest BCUT2D eigenvalue weighted by molar-refractivity contribution is 0.263. The highest BCUT2D eigenvalue weighted by molar-refractivity contribution is 5.52. The summed E-state index contributed by atoms with van der Waals surface area (Å²) in [6.07, 6.45) is 0.0871. The zero-order valence-electron chi connectivity index (χ0n) is 30.1. The van der Waals surface area contributed by atoms with Crippen LogP contribution in [-0.2, 0) is 18.9 Å². The first-order valence-corrected chi connectivity index (χ1v) is 18.6. The Morgan fingerprint density at radius 2 is 0.571 bits per heavy atom. The van der Waals surface area contributed by atoms with Crippen molar-refractivity contribution < 1.29 is 55.5 Å². The van der Waals surface area contributed by atoms with E-state index in [1.807, 2.05) is 0 Å². The van der Waals surface area contributed by atoms with Gasteiger partial charge in [-0.2, -0.15) is 0 Å². The average Bonchev–Trinajstić information content (AvgIpc) is 4.02. The van der Waals surface area contributed by atoms with Crippen LogP contribution in [0.4, 0.5) is 17.6 Å². The molecule has 12 heteroatoms. The molecule has 0 aromatic heterocycles. The molecule has 4 fully saturated rings. The number of benzene rings is 5. The largest absolute Gasteiger partial charge is 0.491 e. The van der Waals surface area contributed by atoms with Crippen molar-refractivity contribution in [2.45, 2.75) is 36.3 Å². The van der Waals surface area contributed by atoms with E-state index in [-0.39, 0.29) is 24.4 Å². The first-order chi connectivity index (χ1) is 27.4. The third kappa shape index (κ3) is 8.48. The SMILES string of the molecule is Fc1c(F)c(C(c2ccc(OCC3CO3)cc2)c2ccc(OCC3CO3)cc2)c(F)c(F)c1C(c1ccc(OCC2CO2)cc1)c1ccc(OCC2CO2)cc1. The van der Waals surface area contributed by atoms with Gasteiger partial charge in [-0.3, -0.25) is 0 Å². The highest BCUT2D eigenvalue weighted by Crippen LogP contribution is 2.43. The van der Waals surface area contributed by atoms with Gasteiger partial charge in [0.05, 0.1) is 26.4 Å². The predicted molar refractivity (Wildman–Crippen MR) is 195 cm³/mol. The molecule has 5 aromatic rings. The van der Waals surface area contributed by atoms with Gasteiger partial charge in [0.2, 0.25) is 0 Å². The van der Waals surface area contributed by atoms with Gasteiger partial charge in [0.1, 0.15) is 73.8 Å². The summed E-state index contributed by atoms with van der Waals surface area (Å²) >= 11 is 0. The van der Waals surface area contributed by atoms with E-state index in [0.717, 1.165) is 0 Å². The molecule has 9 rings (SSSR count). The van der Waals surface area contributed by atoms with Gasteiger partial charge in [-0.1, -0.05) is 48.5 Å². The number of hydrogen-bond acceptors (Lipinski definition) is 8. The van der Waals surface area contributed by atoms with Gasteiger partial charge in [-0.25, -0.2) is 17.6 Å².